The Morgan fingerprint density at radius 1 is 1.00 bits per heavy atom. The highest BCUT2D eigenvalue weighted by Crippen LogP contribution is 2.33. The van der Waals surface area contributed by atoms with Crippen molar-refractivity contribution in [3.8, 4) is 5.69 Å². The Balaban J connectivity index is 1.91. The van der Waals surface area contributed by atoms with E-state index in [1.807, 2.05) is 12.1 Å². The highest BCUT2D eigenvalue weighted by molar-refractivity contribution is 6.32. The zero-order valence-electron chi connectivity index (χ0n) is 18.2. The van der Waals surface area contributed by atoms with Crippen molar-refractivity contribution in [1.29, 1.82) is 0 Å². The first-order valence-corrected chi connectivity index (χ1v) is 10.5. The van der Waals surface area contributed by atoms with Gasteiger partial charge in [-0.15, -0.1) is 0 Å². The molecule has 0 saturated heterocycles. The third kappa shape index (κ3) is 4.32. The number of halogens is 5. The first-order valence-electron chi connectivity index (χ1n) is 10.1. The van der Waals surface area contributed by atoms with Crippen molar-refractivity contribution in [2.75, 3.05) is 5.32 Å². The SMILES string of the molecule is Cc1c(Cl)cc(F)c(-n2c(=O)cc(C(F)(F)F)n(C)c2=O)c1NC(=O)c1ccc2ccccc2c1. The second-order valence-corrected chi connectivity index (χ2v) is 8.15. The summed E-state index contributed by atoms with van der Waals surface area (Å²) in [6, 6.07) is 13.0. The molecule has 0 bridgehead atoms. The Kier molecular flexibility index (Phi) is 6.02. The van der Waals surface area contributed by atoms with Gasteiger partial charge in [-0.3, -0.25) is 14.2 Å². The second-order valence-electron chi connectivity index (χ2n) is 7.75. The average molecular weight is 506 g/mol. The zero-order valence-corrected chi connectivity index (χ0v) is 19.0. The molecule has 0 spiro atoms. The summed E-state index contributed by atoms with van der Waals surface area (Å²) in [5.41, 5.74) is -5.15. The average Bonchev–Trinajstić information content (AvgIpc) is 2.80. The number of carbonyl (C=O) groups excluding carboxylic acids is 1. The summed E-state index contributed by atoms with van der Waals surface area (Å²) in [6.07, 6.45) is -4.99. The van der Waals surface area contributed by atoms with Crippen LogP contribution in [0.15, 0.2) is 64.2 Å². The molecular weight excluding hydrogens is 490 g/mol. The fourth-order valence-corrected chi connectivity index (χ4v) is 3.89. The highest BCUT2D eigenvalue weighted by atomic mass is 35.5. The fourth-order valence-electron chi connectivity index (χ4n) is 3.70. The summed E-state index contributed by atoms with van der Waals surface area (Å²) < 4.78 is 55.2. The van der Waals surface area contributed by atoms with Crippen molar-refractivity contribution in [2.45, 2.75) is 13.1 Å². The molecule has 3 aromatic carbocycles. The summed E-state index contributed by atoms with van der Waals surface area (Å²) in [7, 11) is 0.801. The molecule has 35 heavy (non-hydrogen) atoms. The van der Waals surface area contributed by atoms with Crippen LogP contribution in [0.2, 0.25) is 5.02 Å². The van der Waals surface area contributed by atoms with Gasteiger partial charge >= 0.3 is 11.9 Å². The number of hydrogen-bond donors (Lipinski definition) is 1. The number of fused-ring (bicyclic) bond motifs is 1. The van der Waals surface area contributed by atoms with Crippen LogP contribution in [0.3, 0.4) is 0 Å². The minimum atomic E-state index is -4.99. The van der Waals surface area contributed by atoms with E-state index in [1.54, 1.807) is 24.3 Å². The van der Waals surface area contributed by atoms with Crippen molar-refractivity contribution >= 4 is 34.0 Å². The molecule has 4 aromatic rings. The molecule has 4 rings (SSSR count). The van der Waals surface area contributed by atoms with Crippen LogP contribution in [-0.2, 0) is 13.2 Å². The Bertz CT molecular complexity index is 1620. The maximum Gasteiger partial charge on any atom is 0.431 e. The molecule has 1 heterocycles. The molecule has 0 fully saturated rings. The van der Waals surface area contributed by atoms with Gasteiger partial charge < -0.3 is 5.32 Å². The first kappa shape index (κ1) is 24.2. The van der Waals surface area contributed by atoms with Crippen molar-refractivity contribution in [3.05, 3.63) is 103 Å². The minimum Gasteiger partial charge on any atom is -0.320 e. The lowest BCUT2D eigenvalue weighted by atomic mass is 10.1. The largest absolute Gasteiger partial charge is 0.431 e. The van der Waals surface area contributed by atoms with E-state index < -0.39 is 40.5 Å². The molecule has 0 unspecified atom stereocenters. The van der Waals surface area contributed by atoms with E-state index in [0.717, 1.165) is 23.9 Å². The Morgan fingerprint density at radius 2 is 1.66 bits per heavy atom. The number of benzene rings is 3. The molecule has 0 saturated carbocycles. The van der Waals surface area contributed by atoms with Crippen molar-refractivity contribution in [2.24, 2.45) is 7.05 Å². The van der Waals surface area contributed by atoms with E-state index in [9.17, 15) is 27.6 Å². The molecule has 0 atom stereocenters. The number of nitrogens with zero attached hydrogens (tertiary/aromatic N) is 2. The molecule has 6 nitrogen and oxygen atoms in total. The van der Waals surface area contributed by atoms with Crippen LogP contribution < -0.4 is 16.6 Å². The molecule has 1 amide bonds. The molecule has 1 aromatic heterocycles. The number of alkyl halides is 3. The standard InChI is InChI=1S/C24H16ClF4N3O3/c1-12-16(25)10-17(26)21(32-19(33)11-18(24(27,28)29)31(2)23(32)35)20(12)30-22(34)15-8-7-13-5-3-4-6-14(13)9-15/h3-11H,1-2H3,(H,30,34). The van der Waals surface area contributed by atoms with Crippen molar-refractivity contribution < 1.29 is 22.4 Å². The summed E-state index contributed by atoms with van der Waals surface area (Å²) in [6.45, 7) is 1.40. The normalized spacial score (nSPS) is 11.6. The molecule has 180 valence electrons. The lowest BCUT2D eigenvalue weighted by molar-refractivity contribution is -0.144. The van der Waals surface area contributed by atoms with Gasteiger partial charge in [0.15, 0.2) is 5.82 Å². The second kappa shape index (κ2) is 8.70. The fraction of sp³-hybridized carbons (Fsp3) is 0.125. The highest BCUT2D eigenvalue weighted by Gasteiger charge is 2.35. The van der Waals surface area contributed by atoms with E-state index in [-0.39, 0.29) is 37.0 Å². The van der Waals surface area contributed by atoms with Gasteiger partial charge in [-0.25, -0.2) is 13.8 Å². The van der Waals surface area contributed by atoms with Gasteiger partial charge in [0.25, 0.3) is 11.5 Å². The number of aromatic nitrogens is 2. The summed E-state index contributed by atoms with van der Waals surface area (Å²) >= 11 is 6.07. The van der Waals surface area contributed by atoms with Gasteiger partial charge in [-0.2, -0.15) is 13.2 Å². The van der Waals surface area contributed by atoms with Crippen LogP contribution in [0.5, 0.6) is 0 Å². The maximum absolute atomic E-state index is 15.1. The number of nitrogens with one attached hydrogen (secondary N) is 1. The van der Waals surface area contributed by atoms with E-state index in [1.165, 1.54) is 13.0 Å². The van der Waals surface area contributed by atoms with Crippen molar-refractivity contribution in [3.63, 3.8) is 0 Å². The smallest absolute Gasteiger partial charge is 0.320 e. The quantitative estimate of drug-likeness (QED) is 0.396. The molecule has 0 radical (unpaired) electrons. The number of carbonyl (C=O) groups is 1. The van der Waals surface area contributed by atoms with Crippen LogP contribution in [0.4, 0.5) is 23.2 Å². The van der Waals surface area contributed by atoms with Crippen LogP contribution in [-0.4, -0.2) is 15.0 Å². The van der Waals surface area contributed by atoms with E-state index in [2.05, 4.69) is 5.32 Å². The van der Waals surface area contributed by atoms with Gasteiger partial charge in [0.05, 0.1) is 5.69 Å². The van der Waals surface area contributed by atoms with Crippen LogP contribution in [0, 0.1) is 12.7 Å². The lowest BCUT2D eigenvalue weighted by Gasteiger charge is -2.19. The third-order valence-electron chi connectivity index (χ3n) is 5.53. The summed E-state index contributed by atoms with van der Waals surface area (Å²) in [5, 5.41) is 3.96. The Morgan fingerprint density at radius 3 is 2.31 bits per heavy atom. The molecular formula is C24H16ClF4N3O3. The van der Waals surface area contributed by atoms with Gasteiger partial charge in [0.1, 0.15) is 11.4 Å². The molecule has 0 aliphatic rings. The predicted octanol–water partition coefficient (Wildman–Crippen LogP) is 5.06. The number of anilines is 1. The van der Waals surface area contributed by atoms with Gasteiger partial charge in [-0.1, -0.05) is 41.9 Å². The maximum atomic E-state index is 15.1. The summed E-state index contributed by atoms with van der Waals surface area (Å²) in [4.78, 5) is 38.4. The monoisotopic (exact) mass is 505 g/mol. The zero-order chi connectivity index (χ0) is 25.7. The summed E-state index contributed by atoms with van der Waals surface area (Å²) in [5.74, 6) is -1.90. The van der Waals surface area contributed by atoms with Crippen LogP contribution >= 0.6 is 11.6 Å². The minimum absolute atomic E-state index is 0.103. The number of hydrogen-bond acceptors (Lipinski definition) is 3. The van der Waals surface area contributed by atoms with Gasteiger partial charge in [0.2, 0.25) is 0 Å². The molecule has 0 aliphatic carbocycles. The van der Waals surface area contributed by atoms with E-state index in [4.69, 9.17) is 11.6 Å². The van der Waals surface area contributed by atoms with Crippen molar-refractivity contribution in [1.82, 2.24) is 9.13 Å². The predicted molar refractivity (Wildman–Crippen MR) is 124 cm³/mol. The van der Waals surface area contributed by atoms with Gasteiger partial charge in [-0.05, 0) is 41.5 Å². The lowest BCUT2D eigenvalue weighted by Crippen LogP contribution is -2.41. The number of rotatable bonds is 3. The Hall–Kier alpha value is -3.92. The van der Waals surface area contributed by atoms with Crippen LogP contribution in [0.1, 0.15) is 21.6 Å². The van der Waals surface area contributed by atoms with E-state index >= 15 is 4.39 Å². The topological polar surface area (TPSA) is 73.1 Å². The van der Waals surface area contributed by atoms with Gasteiger partial charge in [0, 0.05) is 23.7 Å². The molecule has 0 aliphatic heterocycles. The van der Waals surface area contributed by atoms with E-state index in [0.29, 0.717) is 0 Å². The third-order valence-corrected chi connectivity index (χ3v) is 5.93. The Labute approximate surface area is 200 Å². The molecule has 11 heteroatoms. The number of amides is 1. The first-order chi connectivity index (χ1) is 16.4. The van der Waals surface area contributed by atoms with Crippen LogP contribution in [0.25, 0.3) is 16.5 Å². The molecule has 1 N–H and O–H groups in total.